The molecule has 1 aromatic heterocycles. The van der Waals surface area contributed by atoms with E-state index in [9.17, 15) is 9.59 Å². The second kappa shape index (κ2) is 7.66. The fraction of sp³-hybridized carbons (Fsp3) is 0.0588. The quantitative estimate of drug-likeness (QED) is 0.663. The van der Waals surface area contributed by atoms with Crippen LogP contribution in [0.25, 0.3) is 11.4 Å². The Kier molecular flexibility index (Phi) is 5.14. The topological polar surface area (TPSA) is 120 Å². The van der Waals surface area contributed by atoms with Crippen molar-refractivity contribution in [1.82, 2.24) is 10.1 Å². The molecule has 0 bridgehead atoms. The fourth-order valence-electron chi connectivity index (χ4n) is 2.07. The molecule has 0 radical (unpaired) electrons. The Bertz CT molecular complexity index is 923. The van der Waals surface area contributed by atoms with Crippen molar-refractivity contribution in [2.24, 2.45) is 5.73 Å². The van der Waals surface area contributed by atoms with Gasteiger partial charge >= 0.3 is 12.0 Å². The third-order valence-corrected chi connectivity index (χ3v) is 3.54. The lowest BCUT2D eigenvalue weighted by Crippen LogP contribution is -2.19. The van der Waals surface area contributed by atoms with Crippen molar-refractivity contribution in [3.05, 3.63) is 65.0 Å². The summed E-state index contributed by atoms with van der Waals surface area (Å²) in [7, 11) is 0. The number of nitrogens with zero attached hydrogens (tertiary/aromatic N) is 2. The van der Waals surface area contributed by atoms with Crippen LogP contribution in [0.5, 0.6) is 0 Å². The normalized spacial score (nSPS) is 10.3. The number of esters is 1. The van der Waals surface area contributed by atoms with Crippen molar-refractivity contribution in [2.45, 2.75) is 6.61 Å². The number of amides is 2. The summed E-state index contributed by atoms with van der Waals surface area (Å²) in [5.74, 6) is -0.0354. The number of urea groups is 1. The van der Waals surface area contributed by atoms with E-state index in [0.717, 1.165) is 5.56 Å². The van der Waals surface area contributed by atoms with Gasteiger partial charge in [0.25, 0.3) is 5.89 Å². The largest absolute Gasteiger partial charge is 0.452 e. The summed E-state index contributed by atoms with van der Waals surface area (Å²) >= 11 is 5.83. The molecule has 0 fully saturated rings. The molecule has 0 spiro atoms. The van der Waals surface area contributed by atoms with Crippen LogP contribution in [0.15, 0.2) is 53.1 Å². The maximum absolute atomic E-state index is 12.0. The summed E-state index contributed by atoms with van der Waals surface area (Å²) in [6.07, 6.45) is 0. The maximum atomic E-state index is 12.0. The van der Waals surface area contributed by atoms with E-state index in [1.54, 1.807) is 24.3 Å². The second-order valence-corrected chi connectivity index (χ2v) is 5.60. The molecule has 0 saturated heterocycles. The van der Waals surface area contributed by atoms with Crippen LogP contribution in [0.4, 0.5) is 10.5 Å². The third-order valence-electron chi connectivity index (χ3n) is 3.29. The summed E-state index contributed by atoms with van der Waals surface area (Å²) in [6.45, 7) is -0.166. The number of primary amides is 1. The molecule has 2 aromatic carbocycles. The van der Waals surface area contributed by atoms with E-state index in [0.29, 0.717) is 22.1 Å². The Labute approximate surface area is 152 Å². The Morgan fingerprint density at radius 3 is 2.46 bits per heavy atom. The molecule has 0 aliphatic carbocycles. The Morgan fingerprint density at radius 1 is 1.12 bits per heavy atom. The molecule has 3 rings (SSSR count). The first-order valence-corrected chi connectivity index (χ1v) is 7.81. The molecule has 1 heterocycles. The highest BCUT2D eigenvalue weighted by molar-refractivity contribution is 6.30. The number of hydrogen-bond donors (Lipinski definition) is 2. The van der Waals surface area contributed by atoms with Crippen molar-refractivity contribution in [1.29, 1.82) is 0 Å². The summed E-state index contributed by atoms with van der Waals surface area (Å²) < 4.78 is 10.2. The molecule has 0 atom stereocenters. The van der Waals surface area contributed by atoms with Gasteiger partial charge in [-0.05, 0) is 48.5 Å². The van der Waals surface area contributed by atoms with Crippen LogP contribution in [0, 0.1) is 0 Å². The number of benzene rings is 2. The van der Waals surface area contributed by atoms with Gasteiger partial charge in [0.1, 0.15) is 0 Å². The Balaban J connectivity index is 1.59. The third kappa shape index (κ3) is 4.37. The number of anilines is 1. The monoisotopic (exact) mass is 372 g/mol. The van der Waals surface area contributed by atoms with Crippen LogP contribution in [0.1, 0.15) is 16.2 Å². The maximum Gasteiger partial charge on any atom is 0.338 e. The molecule has 0 aliphatic rings. The van der Waals surface area contributed by atoms with Crippen LogP contribution in [-0.2, 0) is 11.3 Å². The average molecular weight is 373 g/mol. The van der Waals surface area contributed by atoms with Gasteiger partial charge in [0.05, 0.1) is 5.56 Å². The standard InChI is InChI=1S/C17H13ClN4O4/c18-12-5-1-10(2-6-12)15-21-14(26-22-15)9-25-16(23)11-3-7-13(8-4-11)20-17(19)24/h1-8H,9H2,(H3,19,20,24). The van der Waals surface area contributed by atoms with Crippen LogP contribution in [0.2, 0.25) is 5.02 Å². The summed E-state index contributed by atoms with van der Waals surface area (Å²) in [5, 5.41) is 6.83. The van der Waals surface area contributed by atoms with E-state index in [1.807, 2.05) is 0 Å². The van der Waals surface area contributed by atoms with Crippen molar-refractivity contribution in [3.8, 4) is 11.4 Å². The zero-order valence-corrected chi connectivity index (χ0v) is 14.1. The zero-order chi connectivity index (χ0) is 18.5. The molecule has 3 aromatic rings. The second-order valence-electron chi connectivity index (χ2n) is 5.16. The highest BCUT2D eigenvalue weighted by Gasteiger charge is 2.12. The number of nitrogens with two attached hydrogens (primary N) is 1. The molecular weight excluding hydrogens is 360 g/mol. The van der Waals surface area contributed by atoms with Gasteiger partial charge in [0.15, 0.2) is 6.61 Å². The van der Waals surface area contributed by atoms with E-state index in [4.69, 9.17) is 26.6 Å². The number of rotatable bonds is 5. The SMILES string of the molecule is NC(=O)Nc1ccc(C(=O)OCc2nc(-c3ccc(Cl)cc3)no2)cc1. The van der Waals surface area contributed by atoms with E-state index in [-0.39, 0.29) is 12.5 Å². The van der Waals surface area contributed by atoms with Gasteiger partial charge in [-0.3, -0.25) is 0 Å². The number of ether oxygens (including phenoxy) is 1. The summed E-state index contributed by atoms with van der Waals surface area (Å²) in [5.41, 5.74) is 6.52. The van der Waals surface area contributed by atoms with Crippen molar-refractivity contribution in [3.63, 3.8) is 0 Å². The van der Waals surface area contributed by atoms with Gasteiger partial charge in [-0.25, -0.2) is 9.59 Å². The van der Waals surface area contributed by atoms with Crippen LogP contribution in [0.3, 0.4) is 0 Å². The predicted molar refractivity (Wildman–Crippen MR) is 93.5 cm³/mol. The molecule has 26 heavy (non-hydrogen) atoms. The molecule has 132 valence electrons. The van der Waals surface area contributed by atoms with E-state index < -0.39 is 12.0 Å². The summed E-state index contributed by atoms with van der Waals surface area (Å²) in [4.78, 5) is 26.9. The first-order chi connectivity index (χ1) is 12.5. The van der Waals surface area contributed by atoms with E-state index in [1.165, 1.54) is 24.3 Å². The van der Waals surface area contributed by atoms with Crippen molar-refractivity contribution in [2.75, 3.05) is 5.32 Å². The van der Waals surface area contributed by atoms with E-state index >= 15 is 0 Å². The minimum Gasteiger partial charge on any atom is -0.452 e. The lowest BCUT2D eigenvalue weighted by molar-refractivity contribution is 0.0430. The first-order valence-electron chi connectivity index (χ1n) is 7.43. The number of carbonyl (C=O) groups excluding carboxylic acids is 2. The smallest absolute Gasteiger partial charge is 0.338 e. The van der Waals surface area contributed by atoms with Crippen LogP contribution >= 0.6 is 11.6 Å². The van der Waals surface area contributed by atoms with Gasteiger partial charge < -0.3 is 20.3 Å². The minimum absolute atomic E-state index is 0.162. The van der Waals surface area contributed by atoms with Gasteiger partial charge in [0, 0.05) is 16.3 Å². The Morgan fingerprint density at radius 2 is 1.81 bits per heavy atom. The Hall–Kier alpha value is -3.39. The molecule has 0 aliphatic heterocycles. The van der Waals surface area contributed by atoms with Crippen LogP contribution < -0.4 is 11.1 Å². The predicted octanol–water partition coefficient (Wildman–Crippen LogP) is 3.24. The van der Waals surface area contributed by atoms with Gasteiger partial charge in [0.2, 0.25) is 5.82 Å². The van der Waals surface area contributed by atoms with Crippen LogP contribution in [-0.4, -0.2) is 22.1 Å². The zero-order valence-electron chi connectivity index (χ0n) is 13.3. The summed E-state index contributed by atoms with van der Waals surface area (Å²) in [6, 6.07) is 12.3. The van der Waals surface area contributed by atoms with Gasteiger partial charge in [-0.1, -0.05) is 16.8 Å². The minimum atomic E-state index is -0.687. The first kappa shape index (κ1) is 17.4. The molecule has 3 N–H and O–H groups in total. The molecule has 2 amide bonds. The molecule has 8 nitrogen and oxygen atoms in total. The molecule has 9 heteroatoms. The number of halogens is 1. The van der Waals surface area contributed by atoms with Gasteiger partial charge in [-0.15, -0.1) is 0 Å². The molecular formula is C17H13ClN4O4. The van der Waals surface area contributed by atoms with Crippen molar-refractivity contribution >= 4 is 29.3 Å². The fourth-order valence-corrected chi connectivity index (χ4v) is 2.20. The number of nitrogens with one attached hydrogen (secondary N) is 1. The van der Waals surface area contributed by atoms with E-state index in [2.05, 4.69) is 15.5 Å². The average Bonchev–Trinajstić information content (AvgIpc) is 3.09. The van der Waals surface area contributed by atoms with Gasteiger partial charge in [-0.2, -0.15) is 4.98 Å². The highest BCUT2D eigenvalue weighted by Crippen LogP contribution is 2.19. The molecule has 0 unspecified atom stereocenters. The van der Waals surface area contributed by atoms with Crippen molar-refractivity contribution < 1.29 is 18.8 Å². The lowest BCUT2D eigenvalue weighted by atomic mass is 10.2. The molecule has 0 saturated carbocycles. The lowest BCUT2D eigenvalue weighted by Gasteiger charge is -2.04. The number of carbonyl (C=O) groups is 2. The highest BCUT2D eigenvalue weighted by atomic mass is 35.5. The number of hydrogen-bond acceptors (Lipinski definition) is 6. The number of aromatic nitrogens is 2.